The highest BCUT2D eigenvalue weighted by Crippen LogP contribution is 2.36. The Morgan fingerprint density at radius 1 is 1.30 bits per heavy atom. The van der Waals surface area contributed by atoms with Gasteiger partial charge in [0.05, 0.1) is 33.9 Å². The van der Waals surface area contributed by atoms with Crippen LogP contribution in [0, 0.1) is 5.92 Å². The monoisotopic (exact) mass is 674 g/mol. The number of nitrogens with one attached hydrogen (secondary N) is 2. The van der Waals surface area contributed by atoms with Crippen LogP contribution in [-0.4, -0.2) is 55.5 Å². The molecule has 3 aromatic rings. The van der Waals surface area contributed by atoms with Crippen LogP contribution in [-0.2, 0) is 11.3 Å². The molecule has 0 unspecified atom stereocenters. The fourth-order valence-electron chi connectivity index (χ4n) is 3.98. The second kappa shape index (κ2) is 13.3. The largest absolute Gasteiger partial charge is 0.481 e. The first-order valence-corrected chi connectivity index (χ1v) is 15.3. The third-order valence-corrected chi connectivity index (χ3v) is 8.88. The van der Waals surface area contributed by atoms with E-state index in [0.717, 1.165) is 34.8 Å². The van der Waals surface area contributed by atoms with Gasteiger partial charge < -0.3 is 15.3 Å². The first kappa shape index (κ1) is 28.1. The molecular formula is C24H28ClIN6O3S2. The summed E-state index contributed by atoms with van der Waals surface area (Å²) in [7, 11) is 0. The Bertz CT molecular complexity index is 1210. The molecule has 9 nitrogen and oxygen atoms in total. The molecule has 13 heteroatoms. The van der Waals surface area contributed by atoms with Crippen molar-refractivity contribution in [2.24, 2.45) is 5.92 Å². The van der Waals surface area contributed by atoms with Crippen molar-refractivity contribution in [3.63, 3.8) is 0 Å². The highest BCUT2D eigenvalue weighted by molar-refractivity contribution is 14.1. The normalized spacial score (nSPS) is 15.1. The van der Waals surface area contributed by atoms with Crippen molar-refractivity contribution in [2.75, 3.05) is 29.9 Å². The summed E-state index contributed by atoms with van der Waals surface area (Å²) in [4.78, 5) is 41.4. The molecule has 0 saturated carbocycles. The molecule has 1 fully saturated rings. The van der Waals surface area contributed by atoms with Gasteiger partial charge in [-0.15, -0.1) is 11.3 Å². The molecule has 37 heavy (non-hydrogen) atoms. The molecule has 3 N–H and O–H groups in total. The number of aromatic nitrogens is 3. The van der Waals surface area contributed by atoms with Gasteiger partial charge in [-0.05, 0) is 38.3 Å². The predicted molar refractivity (Wildman–Crippen MR) is 157 cm³/mol. The molecule has 4 rings (SSSR count). The zero-order chi connectivity index (χ0) is 26.4. The van der Waals surface area contributed by atoms with E-state index >= 15 is 0 Å². The van der Waals surface area contributed by atoms with Crippen LogP contribution in [0.5, 0.6) is 0 Å². The molecule has 4 heterocycles. The van der Waals surface area contributed by atoms with Gasteiger partial charge in [0.25, 0.3) is 5.91 Å². The molecule has 198 valence electrons. The Kier molecular flexibility index (Phi) is 10.1. The quantitative estimate of drug-likeness (QED) is 0.137. The Balaban J connectivity index is 1.40. The van der Waals surface area contributed by atoms with Crippen LogP contribution in [0.15, 0.2) is 23.8 Å². The molecule has 1 aliphatic heterocycles. The van der Waals surface area contributed by atoms with Crippen molar-refractivity contribution in [2.45, 2.75) is 43.1 Å². The first-order chi connectivity index (χ1) is 17.8. The standard InChI is InChI=1S/C24H28ClIN6O3S2/c1-14(26)3-2-6-27-11-19-21(18-9-16(25)13-36-18)30-24(37-19)31-22(33)17-10-29-20(12-28-17)32-7-4-15(5-8-32)23(34)35/h9-10,12-15,27H,2-8,11H2,1H3,(H,34,35)(H,30,31,33)/t14-/m0/s1. The van der Waals surface area contributed by atoms with Gasteiger partial charge in [-0.25, -0.2) is 15.0 Å². The Hall–Kier alpha value is -1.87. The van der Waals surface area contributed by atoms with Gasteiger partial charge in [-0.1, -0.05) is 52.5 Å². The summed E-state index contributed by atoms with van der Waals surface area (Å²) in [6, 6.07) is 1.89. The maximum absolute atomic E-state index is 12.9. The maximum Gasteiger partial charge on any atom is 0.306 e. The molecule has 1 aliphatic rings. The number of piperidine rings is 1. The van der Waals surface area contributed by atoms with Gasteiger partial charge in [-0.3, -0.25) is 14.9 Å². The number of carboxylic acid groups (broad SMARTS) is 1. The number of carbonyl (C=O) groups is 2. The van der Waals surface area contributed by atoms with Crippen molar-refractivity contribution in [1.82, 2.24) is 20.3 Å². The number of hydrogen-bond acceptors (Lipinski definition) is 9. The number of amides is 1. The summed E-state index contributed by atoms with van der Waals surface area (Å²) < 4.78 is 0.648. The van der Waals surface area contributed by atoms with E-state index in [4.69, 9.17) is 16.6 Å². The minimum atomic E-state index is -0.755. The Labute approximate surface area is 242 Å². The summed E-state index contributed by atoms with van der Waals surface area (Å²) in [6.07, 6.45) is 6.39. The summed E-state index contributed by atoms with van der Waals surface area (Å²) in [5, 5.41) is 18.5. The second-order valence-corrected chi connectivity index (χ2v) is 13.4. The molecule has 3 aromatic heterocycles. The number of alkyl halides is 1. The number of nitrogens with zero attached hydrogens (tertiary/aromatic N) is 4. The number of anilines is 2. The third kappa shape index (κ3) is 7.82. The minimum absolute atomic E-state index is 0.188. The molecule has 1 atom stereocenters. The molecule has 0 spiro atoms. The molecular weight excluding hydrogens is 647 g/mol. The number of hydrogen-bond donors (Lipinski definition) is 3. The van der Waals surface area contributed by atoms with Crippen LogP contribution in [0.4, 0.5) is 10.9 Å². The van der Waals surface area contributed by atoms with Gasteiger partial charge >= 0.3 is 5.97 Å². The lowest BCUT2D eigenvalue weighted by atomic mass is 9.97. The van der Waals surface area contributed by atoms with Crippen LogP contribution in [0.3, 0.4) is 0 Å². The Morgan fingerprint density at radius 3 is 2.70 bits per heavy atom. The molecule has 0 aromatic carbocycles. The van der Waals surface area contributed by atoms with E-state index in [1.54, 1.807) is 6.20 Å². The number of aliphatic carboxylic acids is 1. The molecule has 1 amide bonds. The minimum Gasteiger partial charge on any atom is -0.481 e. The second-order valence-electron chi connectivity index (χ2n) is 8.83. The summed E-state index contributed by atoms with van der Waals surface area (Å²) in [5.74, 6) is -0.821. The van der Waals surface area contributed by atoms with Crippen LogP contribution < -0.4 is 15.5 Å². The van der Waals surface area contributed by atoms with Crippen molar-refractivity contribution in [3.8, 4) is 10.6 Å². The lowest BCUT2D eigenvalue weighted by Gasteiger charge is -2.30. The summed E-state index contributed by atoms with van der Waals surface area (Å²) in [5.41, 5.74) is 1.01. The van der Waals surface area contributed by atoms with Gasteiger partial charge in [0.2, 0.25) is 0 Å². The third-order valence-electron chi connectivity index (χ3n) is 6.00. The van der Waals surface area contributed by atoms with E-state index in [0.29, 0.717) is 52.4 Å². The van der Waals surface area contributed by atoms with E-state index in [2.05, 4.69) is 50.1 Å². The molecule has 0 aliphatic carbocycles. The number of halogens is 2. The number of rotatable bonds is 11. The average Bonchev–Trinajstić information content (AvgIpc) is 3.49. The predicted octanol–water partition coefficient (Wildman–Crippen LogP) is 5.56. The van der Waals surface area contributed by atoms with E-state index in [1.807, 2.05) is 16.3 Å². The van der Waals surface area contributed by atoms with Crippen LogP contribution in [0.25, 0.3) is 10.6 Å². The molecule has 1 saturated heterocycles. The number of thiazole rings is 1. The van der Waals surface area contributed by atoms with Crippen LogP contribution in [0.1, 0.15) is 48.0 Å². The zero-order valence-electron chi connectivity index (χ0n) is 20.2. The van der Waals surface area contributed by atoms with E-state index in [9.17, 15) is 14.7 Å². The lowest BCUT2D eigenvalue weighted by molar-refractivity contribution is -0.142. The SMILES string of the molecule is C[C@H](I)CCCNCc1sc(NC(=O)c2cnc(N3CCC(C(=O)O)CC3)cn2)nc1-c1cc(Cl)cs1. The highest BCUT2D eigenvalue weighted by Gasteiger charge is 2.25. The molecule has 0 radical (unpaired) electrons. The zero-order valence-corrected chi connectivity index (χ0v) is 24.8. The van der Waals surface area contributed by atoms with Crippen molar-refractivity contribution < 1.29 is 14.7 Å². The van der Waals surface area contributed by atoms with E-state index in [1.165, 1.54) is 28.9 Å². The van der Waals surface area contributed by atoms with Crippen LogP contribution >= 0.6 is 56.9 Å². The maximum atomic E-state index is 12.9. The number of carbonyl (C=O) groups excluding carboxylic acids is 1. The van der Waals surface area contributed by atoms with Gasteiger partial charge in [0.15, 0.2) is 5.13 Å². The van der Waals surface area contributed by atoms with Gasteiger partial charge in [0, 0.05) is 33.8 Å². The first-order valence-electron chi connectivity index (χ1n) is 12.0. The number of carboxylic acids is 1. The van der Waals surface area contributed by atoms with E-state index < -0.39 is 5.97 Å². The van der Waals surface area contributed by atoms with Crippen molar-refractivity contribution >= 4 is 79.7 Å². The van der Waals surface area contributed by atoms with Gasteiger partial charge in [0.1, 0.15) is 11.5 Å². The fourth-order valence-corrected chi connectivity index (χ4v) is 6.52. The highest BCUT2D eigenvalue weighted by atomic mass is 127. The summed E-state index contributed by atoms with van der Waals surface area (Å²) >= 11 is 11.5. The van der Waals surface area contributed by atoms with Gasteiger partial charge in [-0.2, -0.15) is 0 Å². The van der Waals surface area contributed by atoms with Crippen molar-refractivity contribution in [1.29, 1.82) is 0 Å². The molecule has 0 bridgehead atoms. The lowest BCUT2D eigenvalue weighted by Crippen LogP contribution is -2.36. The smallest absolute Gasteiger partial charge is 0.306 e. The average molecular weight is 675 g/mol. The van der Waals surface area contributed by atoms with E-state index in [-0.39, 0.29) is 17.5 Å². The topological polar surface area (TPSA) is 120 Å². The Morgan fingerprint density at radius 2 is 2.08 bits per heavy atom. The number of thiophene rings is 1. The van der Waals surface area contributed by atoms with Crippen molar-refractivity contribution in [3.05, 3.63) is 39.4 Å². The summed E-state index contributed by atoms with van der Waals surface area (Å²) in [6.45, 7) is 4.97. The fraction of sp³-hybridized carbons (Fsp3) is 0.458. The van der Waals surface area contributed by atoms with Crippen LogP contribution in [0.2, 0.25) is 5.02 Å².